The van der Waals surface area contributed by atoms with Crippen LogP contribution >= 0.6 is 0 Å². The SMILES string of the molecule is CCC(=O)CCC(C)(O)c1ccccc1. The molecule has 0 fully saturated rings. The Morgan fingerprint density at radius 3 is 2.47 bits per heavy atom. The highest BCUT2D eigenvalue weighted by atomic mass is 16.3. The standard InChI is InChI=1S/C13H18O2/c1-3-12(14)9-10-13(2,15)11-7-5-4-6-8-11/h4-8,15H,3,9-10H2,1-2H3. The average Bonchev–Trinajstić information content (AvgIpc) is 2.27. The maximum Gasteiger partial charge on any atom is 0.132 e. The van der Waals surface area contributed by atoms with Gasteiger partial charge in [-0.25, -0.2) is 0 Å². The van der Waals surface area contributed by atoms with E-state index in [1.54, 1.807) is 6.92 Å². The minimum absolute atomic E-state index is 0.200. The molecule has 0 spiro atoms. The highest BCUT2D eigenvalue weighted by Gasteiger charge is 2.23. The van der Waals surface area contributed by atoms with E-state index in [1.165, 1.54) is 0 Å². The molecule has 1 aromatic rings. The third-order valence-electron chi connectivity index (χ3n) is 2.68. The second-order valence-electron chi connectivity index (χ2n) is 4.03. The van der Waals surface area contributed by atoms with Gasteiger partial charge in [0.25, 0.3) is 0 Å². The van der Waals surface area contributed by atoms with Gasteiger partial charge in [0.05, 0.1) is 5.60 Å². The van der Waals surface area contributed by atoms with Crippen LogP contribution in [0.5, 0.6) is 0 Å². The summed E-state index contributed by atoms with van der Waals surface area (Å²) in [7, 11) is 0. The van der Waals surface area contributed by atoms with Crippen LogP contribution in [0.15, 0.2) is 30.3 Å². The number of hydrogen-bond acceptors (Lipinski definition) is 2. The lowest BCUT2D eigenvalue weighted by molar-refractivity contribution is -0.120. The quantitative estimate of drug-likeness (QED) is 0.804. The monoisotopic (exact) mass is 206 g/mol. The maximum atomic E-state index is 11.2. The van der Waals surface area contributed by atoms with Gasteiger partial charge < -0.3 is 5.11 Å². The normalized spacial score (nSPS) is 14.6. The van der Waals surface area contributed by atoms with Crippen molar-refractivity contribution in [2.75, 3.05) is 0 Å². The Hall–Kier alpha value is -1.15. The number of Topliss-reactive ketones (excluding diaryl/α,β-unsaturated/α-hetero) is 1. The third-order valence-corrected chi connectivity index (χ3v) is 2.68. The van der Waals surface area contributed by atoms with E-state index in [-0.39, 0.29) is 5.78 Å². The minimum Gasteiger partial charge on any atom is -0.385 e. The number of hydrogen-bond donors (Lipinski definition) is 1. The highest BCUT2D eigenvalue weighted by molar-refractivity contribution is 5.78. The van der Waals surface area contributed by atoms with E-state index in [0.717, 1.165) is 5.56 Å². The number of ketones is 1. The molecule has 1 atom stereocenters. The van der Waals surface area contributed by atoms with Gasteiger partial charge in [-0.3, -0.25) is 4.79 Å². The molecule has 82 valence electrons. The summed E-state index contributed by atoms with van der Waals surface area (Å²) >= 11 is 0. The third kappa shape index (κ3) is 3.48. The summed E-state index contributed by atoms with van der Waals surface area (Å²) in [5, 5.41) is 10.2. The van der Waals surface area contributed by atoms with Gasteiger partial charge in [-0.1, -0.05) is 37.3 Å². The summed E-state index contributed by atoms with van der Waals surface area (Å²) < 4.78 is 0. The van der Waals surface area contributed by atoms with Crippen molar-refractivity contribution in [3.8, 4) is 0 Å². The van der Waals surface area contributed by atoms with E-state index in [0.29, 0.717) is 19.3 Å². The van der Waals surface area contributed by atoms with Crippen molar-refractivity contribution in [1.29, 1.82) is 0 Å². The zero-order valence-corrected chi connectivity index (χ0v) is 9.36. The van der Waals surface area contributed by atoms with Gasteiger partial charge in [0.1, 0.15) is 5.78 Å². The smallest absolute Gasteiger partial charge is 0.132 e. The molecule has 0 aliphatic rings. The largest absolute Gasteiger partial charge is 0.385 e. The van der Waals surface area contributed by atoms with Gasteiger partial charge >= 0.3 is 0 Å². The van der Waals surface area contributed by atoms with E-state index in [9.17, 15) is 9.90 Å². The van der Waals surface area contributed by atoms with Crippen LogP contribution in [-0.2, 0) is 10.4 Å². The molecular weight excluding hydrogens is 188 g/mol. The molecule has 0 heterocycles. The molecule has 0 aromatic heterocycles. The molecule has 1 unspecified atom stereocenters. The molecule has 0 saturated carbocycles. The molecule has 15 heavy (non-hydrogen) atoms. The number of benzene rings is 1. The molecular formula is C13H18O2. The molecule has 0 radical (unpaired) electrons. The predicted molar refractivity (Wildman–Crippen MR) is 60.5 cm³/mol. The van der Waals surface area contributed by atoms with Crippen LogP contribution in [0.3, 0.4) is 0 Å². The molecule has 2 nitrogen and oxygen atoms in total. The molecule has 1 rings (SSSR count). The lowest BCUT2D eigenvalue weighted by Crippen LogP contribution is -2.22. The Morgan fingerprint density at radius 1 is 1.33 bits per heavy atom. The van der Waals surface area contributed by atoms with Crippen LogP contribution in [-0.4, -0.2) is 10.9 Å². The Balaban J connectivity index is 2.63. The number of carbonyl (C=O) groups is 1. The zero-order chi connectivity index (χ0) is 11.3. The van der Waals surface area contributed by atoms with Gasteiger partial charge in [-0.15, -0.1) is 0 Å². The fourth-order valence-corrected chi connectivity index (χ4v) is 1.50. The molecule has 0 bridgehead atoms. The molecule has 1 aromatic carbocycles. The van der Waals surface area contributed by atoms with E-state index in [1.807, 2.05) is 37.3 Å². The summed E-state index contributed by atoms with van der Waals surface area (Å²) in [6, 6.07) is 9.47. The molecule has 0 aliphatic heterocycles. The lowest BCUT2D eigenvalue weighted by Gasteiger charge is -2.23. The Labute approximate surface area is 90.9 Å². The first-order valence-corrected chi connectivity index (χ1v) is 5.36. The van der Waals surface area contributed by atoms with Crippen LogP contribution in [0.25, 0.3) is 0 Å². The number of rotatable bonds is 5. The van der Waals surface area contributed by atoms with Crippen LogP contribution in [0, 0.1) is 0 Å². The minimum atomic E-state index is -0.897. The molecule has 0 saturated heterocycles. The van der Waals surface area contributed by atoms with E-state index < -0.39 is 5.60 Å². The maximum absolute atomic E-state index is 11.2. The van der Waals surface area contributed by atoms with E-state index in [4.69, 9.17) is 0 Å². The van der Waals surface area contributed by atoms with Gasteiger partial charge in [-0.2, -0.15) is 0 Å². The summed E-state index contributed by atoms with van der Waals surface area (Å²) in [6.07, 6.45) is 1.48. The van der Waals surface area contributed by atoms with Gasteiger partial charge in [-0.05, 0) is 18.9 Å². The average molecular weight is 206 g/mol. The second kappa shape index (κ2) is 5.08. The van der Waals surface area contributed by atoms with E-state index in [2.05, 4.69) is 0 Å². The number of aliphatic hydroxyl groups is 1. The first-order valence-electron chi connectivity index (χ1n) is 5.36. The van der Waals surface area contributed by atoms with Crippen LogP contribution in [0.4, 0.5) is 0 Å². The predicted octanol–water partition coefficient (Wildman–Crippen LogP) is 2.65. The zero-order valence-electron chi connectivity index (χ0n) is 9.36. The fourth-order valence-electron chi connectivity index (χ4n) is 1.50. The summed E-state index contributed by atoms with van der Waals surface area (Å²) in [6.45, 7) is 3.60. The second-order valence-corrected chi connectivity index (χ2v) is 4.03. The molecule has 0 aliphatic carbocycles. The van der Waals surface area contributed by atoms with Crippen LogP contribution in [0.2, 0.25) is 0 Å². The number of carbonyl (C=O) groups excluding carboxylic acids is 1. The van der Waals surface area contributed by atoms with Gasteiger partial charge in [0, 0.05) is 12.8 Å². The molecule has 2 heteroatoms. The van der Waals surface area contributed by atoms with Crippen molar-refractivity contribution < 1.29 is 9.90 Å². The lowest BCUT2D eigenvalue weighted by atomic mass is 9.90. The molecule has 0 amide bonds. The van der Waals surface area contributed by atoms with Crippen molar-refractivity contribution >= 4 is 5.78 Å². The van der Waals surface area contributed by atoms with Crippen LogP contribution in [0.1, 0.15) is 38.7 Å². The van der Waals surface area contributed by atoms with Gasteiger partial charge in [0.2, 0.25) is 0 Å². The first-order chi connectivity index (χ1) is 7.06. The summed E-state index contributed by atoms with van der Waals surface area (Å²) in [4.78, 5) is 11.2. The van der Waals surface area contributed by atoms with Crippen molar-refractivity contribution in [2.24, 2.45) is 0 Å². The van der Waals surface area contributed by atoms with Crippen molar-refractivity contribution in [3.05, 3.63) is 35.9 Å². The Bertz CT molecular complexity index is 315. The van der Waals surface area contributed by atoms with Crippen molar-refractivity contribution in [1.82, 2.24) is 0 Å². The van der Waals surface area contributed by atoms with Crippen molar-refractivity contribution in [3.63, 3.8) is 0 Å². The summed E-state index contributed by atoms with van der Waals surface area (Å²) in [5.41, 5.74) is -0.0274. The topological polar surface area (TPSA) is 37.3 Å². The summed E-state index contributed by atoms with van der Waals surface area (Å²) in [5.74, 6) is 0.200. The first kappa shape index (κ1) is 11.9. The van der Waals surface area contributed by atoms with E-state index >= 15 is 0 Å². The fraction of sp³-hybridized carbons (Fsp3) is 0.462. The highest BCUT2D eigenvalue weighted by Crippen LogP contribution is 2.25. The van der Waals surface area contributed by atoms with Crippen molar-refractivity contribution in [2.45, 2.75) is 38.7 Å². The van der Waals surface area contributed by atoms with Gasteiger partial charge in [0.15, 0.2) is 0 Å². The van der Waals surface area contributed by atoms with Crippen LogP contribution < -0.4 is 0 Å². The Morgan fingerprint density at radius 2 is 1.93 bits per heavy atom. The Kier molecular flexibility index (Phi) is 4.04. The molecule has 1 N–H and O–H groups in total.